The Labute approximate surface area is 107 Å². The van der Waals surface area contributed by atoms with Crippen molar-refractivity contribution in [3.63, 3.8) is 0 Å². The van der Waals surface area contributed by atoms with Gasteiger partial charge in [0.05, 0.1) is 6.61 Å². The number of ether oxygens (including phenoxy) is 2. The zero-order chi connectivity index (χ0) is 12.8. The third-order valence-electron chi connectivity index (χ3n) is 2.07. The number of hydrogen-bond acceptors (Lipinski definition) is 3. The Hall–Kier alpha value is -1.22. The van der Waals surface area contributed by atoms with Gasteiger partial charge in [0.1, 0.15) is 5.75 Å². The fourth-order valence-corrected chi connectivity index (χ4v) is 1.32. The van der Waals surface area contributed by atoms with E-state index in [-0.39, 0.29) is 5.92 Å². The zero-order valence-electron chi connectivity index (χ0n) is 10.3. The Morgan fingerprint density at radius 3 is 2.59 bits per heavy atom. The van der Waals surface area contributed by atoms with Crippen LogP contribution >= 0.6 is 11.6 Å². The van der Waals surface area contributed by atoms with Gasteiger partial charge in [-0.2, -0.15) is 0 Å². The van der Waals surface area contributed by atoms with E-state index in [2.05, 4.69) is 0 Å². The molecular formula is C13H17ClO3. The van der Waals surface area contributed by atoms with Crippen molar-refractivity contribution >= 4 is 17.6 Å². The Morgan fingerprint density at radius 2 is 2.00 bits per heavy atom. The van der Waals surface area contributed by atoms with Crippen LogP contribution in [0.5, 0.6) is 5.75 Å². The number of alkyl halides is 1. The number of aryl methyl sites for hydroxylation is 1. The molecule has 3 nitrogen and oxygen atoms in total. The molecule has 0 bridgehead atoms. The minimum absolute atomic E-state index is 0.279. The molecule has 4 heteroatoms. The molecule has 1 aromatic carbocycles. The lowest BCUT2D eigenvalue weighted by Gasteiger charge is -2.14. The van der Waals surface area contributed by atoms with Crippen LogP contribution in [0.25, 0.3) is 0 Å². The minimum atomic E-state index is -1.10. The van der Waals surface area contributed by atoms with Gasteiger partial charge in [0, 0.05) is 0 Å². The SMILES string of the molecule is Cc1ccccc1OC(Cl)C(=O)OCC(C)C. The molecule has 0 aliphatic carbocycles. The third-order valence-corrected chi connectivity index (χ3v) is 2.34. The zero-order valence-corrected chi connectivity index (χ0v) is 11.0. The molecular weight excluding hydrogens is 240 g/mol. The number of hydrogen-bond donors (Lipinski definition) is 0. The van der Waals surface area contributed by atoms with Crippen LogP contribution in [0.15, 0.2) is 24.3 Å². The quantitative estimate of drug-likeness (QED) is 0.600. The Balaban J connectivity index is 2.51. The van der Waals surface area contributed by atoms with E-state index in [1.54, 1.807) is 6.07 Å². The summed E-state index contributed by atoms with van der Waals surface area (Å²) in [5, 5.41) is 0. The van der Waals surface area contributed by atoms with Crippen LogP contribution in [-0.2, 0) is 9.53 Å². The first-order valence-corrected chi connectivity index (χ1v) is 5.97. The summed E-state index contributed by atoms with van der Waals surface area (Å²) >= 11 is 5.82. The second-order valence-corrected chi connectivity index (χ2v) is 4.62. The Morgan fingerprint density at radius 1 is 1.35 bits per heavy atom. The van der Waals surface area contributed by atoms with E-state index in [4.69, 9.17) is 21.1 Å². The normalized spacial score (nSPS) is 12.3. The summed E-state index contributed by atoms with van der Waals surface area (Å²) < 4.78 is 10.3. The lowest BCUT2D eigenvalue weighted by Crippen LogP contribution is -2.25. The summed E-state index contributed by atoms with van der Waals surface area (Å²) in [6.07, 6.45) is 0. The maximum Gasteiger partial charge on any atom is 0.363 e. The number of carbonyl (C=O) groups is 1. The van der Waals surface area contributed by atoms with Gasteiger partial charge < -0.3 is 9.47 Å². The van der Waals surface area contributed by atoms with E-state index in [0.29, 0.717) is 12.4 Å². The molecule has 0 radical (unpaired) electrons. The molecule has 1 rings (SSSR count). The number of halogens is 1. The first kappa shape index (κ1) is 13.8. The van der Waals surface area contributed by atoms with E-state index >= 15 is 0 Å². The second kappa shape index (κ2) is 6.50. The van der Waals surface area contributed by atoms with Crippen molar-refractivity contribution in [2.75, 3.05) is 6.61 Å². The Bertz CT molecular complexity index is 377. The topological polar surface area (TPSA) is 35.5 Å². The third kappa shape index (κ3) is 4.65. The highest BCUT2D eigenvalue weighted by molar-refractivity contribution is 6.28. The molecule has 94 valence electrons. The molecule has 1 aromatic rings. The van der Waals surface area contributed by atoms with E-state index in [1.807, 2.05) is 39.0 Å². The lowest BCUT2D eigenvalue weighted by atomic mass is 10.2. The van der Waals surface area contributed by atoms with E-state index in [0.717, 1.165) is 5.56 Å². The van der Waals surface area contributed by atoms with Crippen LogP contribution in [-0.4, -0.2) is 18.1 Å². The number of benzene rings is 1. The van der Waals surface area contributed by atoms with Crippen LogP contribution < -0.4 is 4.74 Å². The standard InChI is InChI=1S/C13H17ClO3/c1-9(2)8-16-13(15)12(14)17-11-7-5-4-6-10(11)3/h4-7,9,12H,8H2,1-3H3. The van der Waals surface area contributed by atoms with Gasteiger partial charge >= 0.3 is 5.97 Å². The van der Waals surface area contributed by atoms with Crippen LogP contribution in [0, 0.1) is 12.8 Å². The Kier molecular flexibility index (Phi) is 5.29. The summed E-state index contributed by atoms with van der Waals surface area (Å²) in [4.78, 5) is 11.5. The molecule has 0 fully saturated rings. The van der Waals surface area contributed by atoms with Crippen LogP contribution in [0.3, 0.4) is 0 Å². The fraction of sp³-hybridized carbons (Fsp3) is 0.462. The van der Waals surface area contributed by atoms with E-state index < -0.39 is 11.5 Å². The maximum atomic E-state index is 11.5. The largest absolute Gasteiger partial charge is 0.463 e. The van der Waals surface area contributed by atoms with Gasteiger partial charge in [-0.15, -0.1) is 0 Å². The summed E-state index contributed by atoms with van der Waals surface area (Å²) in [6.45, 7) is 6.15. The molecule has 0 aromatic heterocycles. The minimum Gasteiger partial charge on any atom is -0.463 e. The molecule has 0 saturated heterocycles. The lowest BCUT2D eigenvalue weighted by molar-refractivity contribution is -0.149. The monoisotopic (exact) mass is 256 g/mol. The van der Waals surface area contributed by atoms with Crippen LogP contribution in [0.1, 0.15) is 19.4 Å². The van der Waals surface area contributed by atoms with Crippen molar-refractivity contribution in [3.8, 4) is 5.75 Å². The second-order valence-electron chi connectivity index (χ2n) is 4.22. The van der Waals surface area contributed by atoms with Gasteiger partial charge in [-0.1, -0.05) is 43.6 Å². The van der Waals surface area contributed by atoms with Gasteiger partial charge in [0.25, 0.3) is 5.56 Å². The van der Waals surface area contributed by atoms with Gasteiger partial charge in [0.2, 0.25) is 0 Å². The van der Waals surface area contributed by atoms with E-state index in [1.165, 1.54) is 0 Å². The van der Waals surface area contributed by atoms with Crippen molar-refractivity contribution in [3.05, 3.63) is 29.8 Å². The van der Waals surface area contributed by atoms with Gasteiger partial charge in [0.15, 0.2) is 0 Å². The number of rotatable bonds is 5. The predicted octanol–water partition coefficient (Wildman–Crippen LogP) is 3.14. The summed E-state index contributed by atoms with van der Waals surface area (Å²) in [5.41, 5.74) is -0.176. The molecule has 0 aliphatic rings. The van der Waals surface area contributed by atoms with Gasteiger partial charge in [-0.3, -0.25) is 0 Å². The van der Waals surface area contributed by atoms with Gasteiger partial charge in [-0.25, -0.2) is 4.79 Å². The van der Waals surface area contributed by atoms with E-state index in [9.17, 15) is 4.79 Å². The summed E-state index contributed by atoms with van der Waals surface area (Å²) in [7, 11) is 0. The molecule has 0 aliphatic heterocycles. The molecule has 0 N–H and O–H groups in total. The molecule has 0 spiro atoms. The van der Waals surface area contributed by atoms with Crippen molar-refractivity contribution in [2.45, 2.75) is 26.3 Å². The summed E-state index contributed by atoms with van der Waals surface area (Å²) in [6, 6.07) is 7.37. The predicted molar refractivity (Wildman–Crippen MR) is 67.2 cm³/mol. The number of para-hydroxylation sites is 1. The average molecular weight is 257 g/mol. The fourth-order valence-electron chi connectivity index (χ4n) is 1.16. The van der Waals surface area contributed by atoms with Crippen molar-refractivity contribution in [1.82, 2.24) is 0 Å². The highest BCUT2D eigenvalue weighted by Gasteiger charge is 2.19. The highest BCUT2D eigenvalue weighted by atomic mass is 35.5. The van der Waals surface area contributed by atoms with Crippen molar-refractivity contribution < 1.29 is 14.3 Å². The number of carbonyl (C=O) groups excluding carboxylic acids is 1. The molecule has 1 atom stereocenters. The smallest absolute Gasteiger partial charge is 0.363 e. The molecule has 17 heavy (non-hydrogen) atoms. The highest BCUT2D eigenvalue weighted by Crippen LogP contribution is 2.19. The average Bonchev–Trinajstić information content (AvgIpc) is 2.28. The molecule has 0 saturated carbocycles. The van der Waals surface area contributed by atoms with Gasteiger partial charge in [-0.05, 0) is 24.5 Å². The first-order valence-electron chi connectivity index (χ1n) is 5.53. The summed E-state index contributed by atoms with van der Waals surface area (Å²) in [5.74, 6) is 0.318. The van der Waals surface area contributed by atoms with Crippen molar-refractivity contribution in [1.29, 1.82) is 0 Å². The van der Waals surface area contributed by atoms with Crippen LogP contribution in [0.2, 0.25) is 0 Å². The van der Waals surface area contributed by atoms with Crippen molar-refractivity contribution in [2.24, 2.45) is 5.92 Å². The molecule has 0 heterocycles. The maximum absolute atomic E-state index is 11.5. The molecule has 0 amide bonds. The first-order chi connectivity index (χ1) is 8.00. The van der Waals surface area contributed by atoms with Crippen LogP contribution in [0.4, 0.5) is 0 Å². The molecule has 1 unspecified atom stereocenters. The number of esters is 1.